The molecule has 0 bridgehead atoms. The Balaban J connectivity index is 2.83. The van der Waals surface area contributed by atoms with Crippen molar-refractivity contribution in [3.63, 3.8) is 0 Å². The molecule has 16 heavy (non-hydrogen) atoms. The van der Waals surface area contributed by atoms with E-state index in [1.54, 1.807) is 25.1 Å². The molecule has 0 heterocycles. The highest BCUT2D eigenvalue weighted by atomic mass is 32.2. The normalized spacial score (nSPS) is 13.8. The molecule has 1 atom stereocenters. The number of rotatable bonds is 4. The van der Waals surface area contributed by atoms with E-state index >= 15 is 0 Å². The van der Waals surface area contributed by atoms with Crippen molar-refractivity contribution in [2.45, 2.75) is 17.4 Å². The maximum absolute atomic E-state index is 10.7. The first kappa shape index (κ1) is 12.5. The summed E-state index contributed by atoms with van der Waals surface area (Å²) >= 11 is 1.22. The Labute approximate surface area is 97.4 Å². The third-order valence-corrected chi connectivity index (χ3v) is 3.25. The molecule has 1 aromatic rings. The minimum atomic E-state index is -0.978. The lowest BCUT2D eigenvalue weighted by molar-refractivity contribution is -0.387. The summed E-state index contributed by atoms with van der Waals surface area (Å²) < 4.78 is 0. The van der Waals surface area contributed by atoms with Crippen molar-refractivity contribution in [2.24, 2.45) is 5.73 Å². The number of hydrogen-bond donors (Lipinski definition) is 1. The summed E-state index contributed by atoms with van der Waals surface area (Å²) in [6, 6.07) is 8.35. The molecule has 0 radical (unpaired) electrons. The zero-order chi connectivity index (χ0) is 12.2. The predicted octanol–water partition coefficient (Wildman–Crippen LogP) is 1.93. The van der Waals surface area contributed by atoms with Crippen LogP contribution in [-0.2, 0) is 0 Å². The minimum Gasteiger partial charge on any atom is -0.313 e. The van der Waals surface area contributed by atoms with Crippen molar-refractivity contribution < 1.29 is 4.92 Å². The van der Waals surface area contributed by atoms with E-state index in [0.717, 1.165) is 0 Å². The van der Waals surface area contributed by atoms with E-state index in [-0.39, 0.29) is 5.69 Å². The standard InChI is InChI=1S/C10H11N3O2S/c1-10(12,6-11)7-16-9-5-3-2-4-8(9)13(14)15/h2-5H,7,12H2,1H3. The third-order valence-electron chi connectivity index (χ3n) is 1.84. The molecule has 1 aromatic carbocycles. The van der Waals surface area contributed by atoms with Crippen LogP contribution in [0.1, 0.15) is 6.92 Å². The van der Waals surface area contributed by atoms with Gasteiger partial charge in [-0.15, -0.1) is 11.8 Å². The number of nitro benzene ring substituents is 1. The van der Waals surface area contributed by atoms with Gasteiger partial charge in [0.15, 0.2) is 0 Å². The van der Waals surface area contributed by atoms with Crippen LogP contribution in [0.5, 0.6) is 0 Å². The average molecular weight is 237 g/mol. The van der Waals surface area contributed by atoms with E-state index in [2.05, 4.69) is 0 Å². The second-order valence-electron chi connectivity index (χ2n) is 3.54. The molecule has 0 saturated carbocycles. The van der Waals surface area contributed by atoms with Crippen molar-refractivity contribution in [3.8, 4) is 6.07 Å². The predicted molar refractivity (Wildman–Crippen MR) is 62.0 cm³/mol. The first-order valence-electron chi connectivity index (χ1n) is 4.52. The Bertz CT molecular complexity index is 440. The molecule has 0 aliphatic carbocycles. The molecule has 6 heteroatoms. The van der Waals surface area contributed by atoms with Crippen LogP contribution < -0.4 is 5.73 Å². The minimum absolute atomic E-state index is 0.0428. The summed E-state index contributed by atoms with van der Waals surface area (Å²) in [5, 5.41) is 19.4. The molecule has 0 aliphatic rings. The average Bonchev–Trinajstić information content (AvgIpc) is 2.27. The van der Waals surface area contributed by atoms with Gasteiger partial charge in [-0.2, -0.15) is 5.26 Å². The van der Waals surface area contributed by atoms with Gasteiger partial charge in [0.05, 0.1) is 15.9 Å². The Morgan fingerprint density at radius 3 is 2.81 bits per heavy atom. The Morgan fingerprint density at radius 1 is 1.62 bits per heavy atom. The van der Waals surface area contributed by atoms with Gasteiger partial charge in [-0.05, 0) is 13.0 Å². The third kappa shape index (κ3) is 3.22. The van der Waals surface area contributed by atoms with E-state index in [1.807, 2.05) is 6.07 Å². The molecule has 0 fully saturated rings. The first-order chi connectivity index (χ1) is 7.46. The molecule has 2 N–H and O–H groups in total. The summed E-state index contributed by atoms with van der Waals surface area (Å²) in [5.41, 5.74) is 4.70. The van der Waals surface area contributed by atoms with Gasteiger partial charge in [-0.25, -0.2) is 0 Å². The lowest BCUT2D eigenvalue weighted by atomic mass is 10.1. The summed E-state index contributed by atoms with van der Waals surface area (Å²) in [6.45, 7) is 1.59. The fourth-order valence-corrected chi connectivity index (χ4v) is 1.98. The highest BCUT2D eigenvalue weighted by Gasteiger charge is 2.20. The van der Waals surface area contributed by atoms with Gasteiger partial charge in [-0.1, -0.05) is 12.1 Å². The zero-order valence-corrected chi connectivity index (χ0v) is 9.53. The molecule has 0 aromatic heterocycles. The number of hydrogen-bond acceptors (Lipinski definition) is 5. The van der Waals surface area contributed by atoms with Crippen molar-refractivity contribution in [1.29, 1.82) is 5.26 Å². The van der Waals surface area contributed by atoms with Crippen molar-refractivity contribution in [1.82, 2.24) is 0 Å². The SMILES string of the molecule is CC(N)(C#N)CSc1ccccc1[N+](=O)[O-]. The monoisotopic (exact) mass is 237 g/mol. The van der Waals surface area contributed by atoms with Gasteiger partial charge in [0.1, 0.15) is 5.54 Å². The van der Waals surface area contributed by atoms with Gasteiger partial charge >= 0.3 is 0 Å². The van der Waals surface area contributed by atoms with E-state index < -0.39 is 10.5 Å². The second-order valence-corrected chi connectivity index (χ2v) is 4.56. The van der Waals surface area contributed by atoms with E-state index in [0.29, 0.717) is 10.6 Å². The van der Waals surface area contributed by atoms with Crippen LogP contribution >= 0.6 is 11.8 Å². The van der Waals surface area contributed by atoms with Gasteiger partial charge in [-0.3, -0.25) is 10.1 Å². The quantitative estimate of drug-likeness (QED) is 0.490. The zero-order valence-electron chi connectivity index (χ0n) is 8.71. The summed E-state index contributed by atoms with van der Waals surface area (Å²) in [4.78, 5) is 10.8. The van der Waals surface area contributed by atoms with E-state index in [9.17, 15) is 10.1 Å². The van der Waals surface area contributed by atoms with Gasteiger partial charge in [0.25, 0.3) is 5.69 Å². The smallest absolute Gasteiger partial charge is 0.282 e. The Morgan fingerprint density at radius 2 is 2.25 bits per heavy atom. The Hall–Kier alpha value is -1.58. The lowest BCUT2D eigenvalue weighted by Crippen LogP contribution is -2.36. The summed E-state index contributed by atoms with van der Waals surface area (Å²) in [5.74, 6) is 0.314. The fourth-order valence-electron chi connectivity index (χ4n) is 0.990. The maximum atomic E-state index is 10.7. The first-order valence-corrected chi connectivity index (χ1v) is 5.51. The molecule has 0 amide bonds. The van der Waals surface area contributed by atoms with Gasteiger partial charge in [0.2, 0.25) is 0 Å². The Kier molecular flexibility index (Phi) is 3.88. The van der Waals surface area contributed by atoms with Crippen LogP contribution in [0, 0.1) is 21.4 Å². The number of thioether (sulfide) groups is 1. The fraction of sp³-hybridized carbons (Fsp3) is 0.300. The molecule has 84 valence electrons. The van der Waals surface area contributed by atoms with Gasteiger partial charge in [0, 0.05) is 11.8 Å². The van der Waals surface area contributed by atoms with Crippen molar-refractivity contribution >= 4 is 17.4 Å². The molecule has 0 saturated heterocycles. The van der Waals surface area contributed by atoms with Crippen LogP contribution in [0.2, 0.25) is 0 Å². The molecular formula is C10H11N3O2S. The van der Waals surface area contributed by atoms with Crippen LogP contribution in [0.25, 0.3) is 0 Å². The van der Waals surface area contributed by atoms with Crippen molar-refractivity contribution in [3.05, 3.63) is 34.4 Å². The highest BCUT2D eigenvalue weighted by molar-refractivity contribution is 7.99. The molecule has 1 unspecified atom stereocenters. The second kappa shape index (κ2) is 4.96. The van der Waals surface area contributed by atoms with Crippen LogP contribution in [0.3, 0.4) is 0 Å². The number of benzene rings is 1. The summed E-state index contributed by atoms with van der Waals surface area (Å²) in [7, 11) is 0. The maximum Gasteiger partial charge on any atom is 0.282 e. The highest BCUT2D eigenvalue weighted by Crippen LogP contribution is 2.30. The largest absolute Gasteiger partial charge is 0.313 e. The number of para-hydroxylation sites is 1. The molecule has 5 nitrogen and oxygen atoms in total. The van der Waals surface area contributed by atoms with Crippen molar-refractivity contribution in [2.75, 3.05) is 5.75 Å². The lowest BCUT2D eigenvalue weighted by Gasteiger charge is -2.13. The number of nitrogens with two attached hydrogens (primary N) is 1. The van der Waals surface area contributed by atoms with E-state index in [1.165, 1.54) is 17.8 Å². The van der Waals surface area contributed by atoms with Crippen LogP contribution in [-0.4, -0.2) is 16.2 Å². The van der Waals surface area contributed by atoms with Crippen LogP contribution in [0.15, 0.2) is 29.2 Å². The molecule has 1 rings (SSSR count). The number of nitro groups is 1. The van der Waals surface area contributed by atoms with Gasteiger partial charge < -0.3 is 5.73 Å². The number of nitriles is 1. The van der Waals surface area contributed by atoms with Crippen LogP contribution in [0.4, 0.5) is 5.69 Å². The topological polar surface area (TPSA) is 93.0 Å². The number of nitrogens with zero attached hydrogens (tertiary/aromatic N) is 2. The summed E-state index contributed by atoms with van der Waals surface area (Å²) in [6.07, 6.45) is 0. The van der Waals surface area contributed by atoms with E-state index in [4.69, 9.17) is 11.0 Å². The molecule has 0 spiro atoms. The molecular weight excluding hydrogens is 226 g/mol. The molecule has 0 aliphatic heterocycles.